The Morgan fingerprint density at radius 3 is 1.18 bits per heavy atom. The van der Waals surface area contributed by atoms with E-state index in [9.17, 15) is 48.4 Å². The minimum atomic E-state index is -1.93. The molecule has 0 aliphatic carbocycles. The van der Waals surface area contributed by atoms with Crippen LogP contribution in [-0.4, -0.2) is 32.6 Å². The van der Waals surface area contributed by atoms with Crippen molar-refractivity contribution in [2.75, 3.05) is 0 Å². The normalized spacial score (nSPS) is 10.9. The summed E-state index contributed by atoms with van der Waals surface area (Å²) in [6.45, 7) is 0.587. The zero-order valence-corrected chi connectivity index (χ0v) is 24.3. The van der Waals surface area contributed by atoms with E-state index in [0.717, 1.165) is 11.1 Å². The Kier molecular flexibility index (Phi) is 14.7. The zero-order chi connectivity index (χ0) is 30.8. The Morgan fingerprint density at radius 1 is 0.568 bits per heavy atom. The molecule has 2 radical (unpaired) electrons. The maximum Gasteiger partial charge on any atom is 2.00 e. The first kappa shape index (κ1) is 37.3. The molecule has 0 spiro atoms. The van der Waals surface area contributed by atoms with Gasteiger partial charge in [-0.25, -0.2) is 8.78 Å². The van der Waals surface area contributed by atoms with Crippen LogP contribution in [0.25, 0.3) is 11.5 Å². The second kappa shape index (κ2) is 17.4. The topological polar surface area (TPSA) is 170 Å². The van der Waals surface area contributed by atoms with Crippen molar-refractivity contribution in [2.24, 2.45) is 0 Å². The van der Waals surface area contributed by atoms with E-state index in [2.05, 4.69) is 0 Å². The first-order valence-electron chi connectivity index (χ1n) is 12.0. The van der Waals surface area contributed by atoms with Crippen molar-refractivity contribution in [2.45, 2.75) is 13.1 Å². The molecule has 2 heterocycles. The first-order valence-corrected chi connectivity index (χ1v) is 12.0. The average Bonchev–Trinajstić information content (AvgIpc) is 3.61. The van der Waals surface area contributed by atoms with Gasteiger partial charge in [-0.05, 0) is 71.8 Å². The number of aliphatic carboxylic acids is 2. The molecule has 0 saturated carbocycles. The van der Waals surface area contributed by atoms with Gasteiger partial charge >= 0.3 is 33.6 Å². The van der Waals surface area contributed by atoms with E-state index in [0.29, 0.717) is 25.2 Å². The number of carbonyl (C=O) groups is 4. The molecule has 0 unspecified atom stereocenters. The Morgan fingerprint density at radius 2 is 0.886 bits per heavy atom. The monoisotopic (exact) mass is 692 g/mol. The van der Waals surface area contributed by atoms with Gasteiger partial charge in [0.05, 0.1) is 0 Å². The largest absolute Gasteiger partial charge is 2.00 e. The molecule has 0 aliphatic heterocycles. The van der Waals surface area contributed by atoms with Gasteiger partial charge in [0.2, 0.25) is 11.6 Å². The quantitative estimate of drug-likeness (QED) is 0.120. The molecular formula is C30H20Co2F2N2O8. The summed E-state index contributed by atoms with van der Waals surface area (Å²) in [5.74, 6) is -8.80. The number of carboxylic acid groups (broad SMARTS) is 2. The van der Waals surface area contributed by atoms with Gasteiger partial charge in [-0.15, -0.1) is 0 Å². The maximum atomic E-state index is 12.8. The van der Waals surface area contributed by atoms with Gasteiger partial charge < -0.3 is 39.1 Å². The van der Waals surface area contributed by atoms with Gasteiger partial charge in [0, 0.05) is 36.9 Å². The smallest absolute Gasteiger partial charge is 0.871 e. The zero-order valence-electron chi connectivity index (χ0n) is 22.2. The molecule has 14 heteroatoms. The van der Waals surface area contributed by atoms with Crippen molar-refractivity contribution in [1.29, 1.82) is 0 Å². The number of aromatic nitrogens is 2. The minimum Gasteiger partial charge on any atom is -0.871 e. The van der Waals surface area contributed by atoms with Crippen LogP contribution in [0.1, 0.15) is 22.5 Å². The molecule has 230 valence electrons. The van der Waals surface area contributed by atoms with E-state index in [1.54, 1.807) is 48.8 Å². The molecule has 10 nitrogen and oxygen atoms in total. The van der Waals surface area contributed by atoms with Crippen LogP contribution in [0.4, 0.5) is 8.78 Å². The van der Waals surface area contributed by atoms with Gasteiger partial charge in [-0.2, -0.15) is 0 Å². The van der Waals surface area contributed by atoms with E-state index in [4.69, 9.17) is 0 Å². The fourth-order valence-electron chi connectivity index (χ4n) is 3.63. The summed E-state index contributed by atoms with van der Waals surface area (Å²) >= 11 is 0. The Labute approximate surface area is 270 Å². The fourth-order valence-corrected chi connectivity index (χ4v) is 3.63. The van der Waals surface area contributed by atoms with E-state index in [1.165, 1.54) is 45.5 Å². The van der Waals surface area contributed by atoms with Crippen LogP contribution < -0.4 is 20.4 Å². The molecule has 0 fully saturated rings. The third-order valence-electron chi connectivity index (χ3n) is 5.62. The van der Waals surface area contributed by atoms with Crippen molar-refractivity contribution >= 4 is 35.0 Å². The number of benzene rings is 2. The molecule has 0 bridgehead atoms. The molecule has 0 amide bonds. The second-order valence-corrected chi connectivity index (χ2v) is 8.62. The number of hydrogen-bond donors (Lipinski definition) is 0. The van der Waals surface area contributed by atoms with Crippen molar-refractivity contribution in [1.82, 2.24) is 9.13 Å². The molecule has 2 aromatic heterocycles. The van der Waals surface area contributed by atoms with E-state index >= 15 is 0 Å². The number of ketones is 2. The van der Waals surface area contributed by atoms with Crippen LogP contribution in [0.15, 0.2) is 97.3 Å². The predicted molar refractivity (Wildman–Crippen MR) is 136 cm³/mol. The van der Waals surface area contributed by atoms with Crippen LogP contribution in [0.5, 0.6) is 0 Å². The molecule has 4 aromatic rings. The van der Waals surface area contributed by atoms with Crippen molar-refractivity contribution in [3.05, 3.63) is 131 Å². The summed E-state index contributed by atoms with van der Waals surface area (Å²) in [6, 6.07) is 17.6. The third-order valence-corrected chi connectivity index (χ3v) is 5.62. The maximum absolute atomic E-state index is 12.8. The summed E-state index contributed by atoms with van der Waals surface area (Å²) in [5, 5.41) is 44.3. The van der Waals surface area contributed by atoms with Crippen LogP contribution in [-0.2, 0) is 65.8 Å². The Balaban J connectivity index is 0.000000421. The number of halogens is 2. The van der Waals surface area contributed by atoms with Gasteiger partial charge in [0.15, 0.2) is 0 Å². The minimum absolute atomic E-state index is 0. The number of carbonyl (C=O) groups excluding carboxylic acids is 4. The number of carboxylic acids is 2. The first-order chi connectivity index (χ1) is 19.9. The Bertz CT molecular complexity index is 1540. The van der Waals surface area contributed by atoms with Gasteiger partial charge in [-0.3, -0.25) is 9.59 Å². The van der Waals surface area contributed by atoms with Gasteiger partial charge in [0.25, 0.3) is 0 Å². The third kappa shape index (κ3) is 10.8. The summed E-state index contributed by atoms with van der Waals surface area (Å²) in [5.41, 5.74) is 1.84. The molecule has 44 heavy (non-hydrogen) atoms. The van der Waals surface area contributed by atoms with Crippen LogP contribution in [0, 0.1) is 11.6 Å². The fraction of sp³-hybridized carbons (Fsp3) is 0.0667. The number of nitrogens with zero attached hydrogens (tertiary/aromatic N) is 2. The number of hydrogen-bond acceptors (Lipinski definition) is 8. The van der Waals surface area contributed by atoms with Crippen molar-refractivity contribution < 1.29 is 81.9 Å². The number of rotatable bonds is 10. The summed E-state index contributed by atoms with van der Waals surface area (Å²) in [6.07, 6.45) is 4.17. The standard InChI is InChI=1S/2C15H12FNO4.2Co/c2*16-11-5-3-10(4-6-11)9-17-7-1-2-12(17)13(18)8-14(19)15(20)21;;/h2*1-8,18H,9H2,(H,20,21);;/q;;2*+2/p-4/b2*13-8-;;. The van der Waals surface area contributed by atoms with Gasteiger partial charge in [-0.1, -0.05) is 35.8 Å². The summed E-state index contributed by atoms with van der Waals surface area (Å²) in [4.78, 5) is 42.6. The molecule has 0 saturated heterocycles. The summed E-state index contributed by atoms with van der Waals surface area (Å²) in [7, 11) is 0. The van der Waals surface area contributed by atoms with Crippen LogP contribution in [0.3, 0.4) is 0 Å². The molecule has 0 N–H and O–H groups in total. The Hall–Kier alpha value is -4.77. The van der Waals surface area contributed by atoms with Crippen LogP contribution in [0.2, 0.25) is 0 Å². The van der Waals surface area contributed by atoms with Gasteiger partial charge in [0.1, 0.15) is 23.6 Å². The summed E-state index contributed by atoms with van der Waals surface area (Å²) < 4.78 is 28.7. The van der Waals surface area contributed by atoms with E-state index in [-0.39, 0.29) is 56.6 Å². The SMILES string of the molecule is O=C([O-])C(=O)/C=C(\[O-])c1cccn1Cc1ccc(F)cc1.O=C([O-])C(=O)/C=C(\[O-])c1cccn1Cc1ccc(F)cc1.[Co+2].[Co+2]. The van der Waals surface area contributed by atoms with Crippen molar-refractivity contribution in [3.8, 4) is 0 Å². The molecule has 4 rings (SSSR count). The van der Waals surface area contributed by atoms with E-state index < -0.39 is 35.0 Å². The second-order valence-electron chi connectivity index (χ2n) is 8.62. The molecule has 0 atom stereocenters. The van der Waals surface area contributed by atoms with E-state index in [1.807, 2.05) is 0 Å². The van der Waals surface area contributed by atoms with Crippen LogP contribution >= 0.6 is 0 Å². The predicted octanol–water partition coefficient (Wildman–Crippen LogP) is -0.614. The molecule has 0 aliphatic rings. The molecule has 2 aromatic carbocycles. The average molecular weight is 692 g/mol. The molecular weight excluding hydrogens is 672 g/mol. The van der Waals surface area contributed by atoms with Crippen molar-refractivity contribution in [3.63, 3.8) is 0 Å².